The molecule has 0 aliphatic rings. The van der Waals surface area contributed by atoms with Crippen LogP contribution in [0.3, 0.4) is 0 Å². The predicted octanol–water partition coefficient (Wildman–Crippen LogP) is 4.16. The molecule has 0 saturated carbocycles. The van der Waals surface area contributed by atoms with Gasteiger partial charge in [-0.15, -0.1) is 0 Å². The van der Waals surface area contributed by atoms with Crippen molar-refractivity contribution < 1.29 is 4.74 Å². The minimum absolute atomic E-state index is 0.431. The van der Waals surface area contributed by atoms with Gasteiger partial charge in [-0.2, -0.15) is 0 Å². The van der Waals surface area contributed by atoms with Crippen molar-refractivity contribution >= 4 is 22.5 Å². The number of fused-ring (bicyclic) bond motifs is 1. The van der Waals surface area contributed by atoms with E-state index in [2.05, 4.69) is 24.9 Å². The molecular formula is C14H16ClNO. The summed E-state index contributed by atoms with van der Waals surface area (Å²) in [7, 11) is 1.66. The Bertz CT molecular complexity index is 537. The third-order valence-corrected chi connectivity index (χ3v) is 3.10. The summed E-state index contributed by atoms with van der Waals surface area (Å²) in [6.07, 6.45) is 0. The van der Waals surface area contributed by atoms with Crippen molar-refractivity contribution in [3.05, 3.63) is 40.5 Å². The second-order valence-corrected chi connectivity index (χ2v) is 4.83. The number of rotatable bonds is 3. The Labute approximate surface area is 107 Å². The Morgan fingerprint density at radius 3 is 2.76 bits per heavy atom. The molecule has 0 N–H and O–H groups in total. The Morgan fingerprint density at radius 1 is 1.35 bits per heavy atom. The summed E-state index contributed by atoms with van der Waals surface area (Å²) < 4.78 is 5.11. The molecule has 2 nitrogen and oxygen atoms in total. The molecule has 1 heterocycles. The Hall–Kier alpha value is -1.12. The lowest BCUT2D eigenvalue weighted by Crippen LogP contribution is -1.97. The molecule has 0 unspecified atom stereocenters. The molecule has 0 aliphatic heterocycles. The summed E-state index contributed by atoms with van der Waals surface area (Å²) >= 11 is 6.28. The van der Waals surface area contributed by atoms with Crippen molar-refractivity contribution in [2.45, 2.75) is 26.4 Å². The number of aromatic nitrogens is 1. The third kappa shape index (κ3) is 2.43. The van der Waals surface area contributed by atoms with Crippen LogP contribution >= 0.6 is 11.6 Å². The van der Waals surface area contributed by atoms with Gasteiger partial charge in [0.25, 0.3) is 0 Å². The van der Waals surface area contributed by atoms with E-state index in [0.29, 0.717) is 12.5 Å². The normalized spacial score (nSPS) is 11.4. The second-order valence-electron chi connectivity index (χ2n) is 4.43. The number of para-hydroxylation sites is 1. The summed E-state index contributed by atoms with van der Waals surface area (Å²) in [6, 6.07) is 8.01. The van der Waals surface area contributed by atoms with Gasteiger partial charge < -0.3 is 4.74 Å². The maximum absolute atomic E-state index is 6.28. The van der Waals surface area contributed by atoms with Crippen LogP contribution in [0.5, 0.6) is 0 Å². The highest BCUT2D eigenvalue weighted by Gasteiger charge is 2.10. The highest BCUT2D eigenvalue weighted by molar-refractivity contribution is 6.35. The molecule has 3 heteroatoms. The van der Waals surface area contributed by atoms with Gasteiger partial charge >= 0.3 is 0 Å². The average Bonchev–Trinajstić information content (AvgIpc) is 2.28. The fourth-order valence-corrected chi connectivity index (χ4v) is 2.24. The monoisotopic (exact) mass is 249 g/mol. The maximum Gasteiger partial charge on any atom is 0.0884 e. The fourth-order valence-electron chi connectivity index (χ4n) is 1.97. The summed E-state index contributed by atoms with van der Waals surface area (Å²) in [5.74, 6) is 0.431. The van der Waals surface area contributed by atoms with Gasteiger partial charge in [0, 0.05) is 12.5 Å². The molecule has 0 spiro atoms. The van der Waals surface area contributed by atoms with E-state index in [4.69, 9.17) is 16.3 Å². The van der Waals surface area contributed by atoms with Crippen molar-refractivity contribution in [2.75, 3.05) is 7.11 Å². The highest BCUT2D eigenvalue weighted by atomic mass is 35.5. The van der Waals surface area contributed by atoms with Crippen molar-refractivity contribution in [3.63, 3.8) is 0 Å². The Morgan fingerprint density at radius 2 is 2.12 bits per heavy atom. The first-order valence-electron chi connectivity index (χ1n) is 5.70. The zero-order valence-electron chi connectivity index (χ0n) is 10.3. The minimum atomic E-state index is 0.431. The molecule has 0 bridgehead atoms. The molecule has 0 amide bonds. The minimum Gasteiger partial charge on any atom is -0.378 e. The molecule has 2 rings (SSSR count). The van der Waals surface area contributed by atoms with Gasteiger partial charge in [-0.1, -0.05) is 43.6 Å². The Kier molecular flexibility index (Phi) is 3.65. The molecule has 2 aromatic rings. The number of nitrogens with zero attached hydrogens (tertiary/aromatic N) is 1. The van der Waals surface area contributed by atoms with Gasteiger partial charge in [-0.3, -0.25) is 0 Å². The molecule has 0 radical (unpaired) electrons. The van der Waals surface area contributed by atoms with E-state index in [9.17, 15) is 0 Å². The van der Waals surface area contributed by atoms with Gasteiger partial charge in [0.2, 0.25) is 0 Å². The lowest BCUT2D eigenvalue weighted by molar-refractivity contribution is 0.182. The van der Waals surface area contributed by atoms with Crippen molar-refractivity contribution in [2.24, 2.45) is 0 Å². The zero-order valence-corrected chi connectivity index (χ0v) is 11.1. The van der Waals surface area contributed by atoms with E-state index in [1.54, 1.807) is 7.11 Å². The predicted molar refractivity (Wildman–Crippen MR) is 71.6 cm³/mol. The van der Waals surface area contributed by atoms with E-state index >= 15 is 0 Å². The first kappa shape index (κ1) is 12.3. The van der Waals surface area contributed by atoms with Crippen LogP contribution in [-0.4, -0.2) is 12.1 Å². The van der Waals surface area contributed by atoms with Crippen LogP contribution in [0, 0.1) is 0 Å². The molecule has 0 saturated heterocycles. The average molecular weight is 250 g/mol. The van der Waals surface area contributed by atoms with Crippen LogP contribution < -0.4 is 0 Å². The van der Waals surface area contributed by atoms with E-state index in [0.717, 1.165) is 21.6 Å². The van der Waals surface area contributed by atoms with Gasteiger partial charge in [0.1, 0.15) is 0 Å². The van der Waals surface area contributed by atoms with Gasteiger partial charge in [0.05, 0.1) is 22.8 Å². The van der Waals surface area contributed by atoms with E-state index in [-0.39, 0.29) is 0 Å². The van der Waals surface area contributed by atoms with Crippen LogP contribution in [0.15, 0.2) is 24.3 Å². The number of benzene rings is 1. The molecule has 17 heavy (non-hydrogen) atoms. The molecule has 90 valence electrons. The molecule has 1 aromatic heterocycles. The number of pyridine rings is 1. The topological polar surface area (TPSA) is 22.1 Å². The summed E-state index contributed by atoms with van der Waals surface area (Å²) in [4.78, 5) is 4.64. The Balaban J connectivity index is 2.69. The van der Waals surface area contributed by atoms with Crippen LogP contribution in [0.2, 0.25) is 5.02 Å². The van der Waals surface area contributed by atoms with Crippen molar-refractivity contribution in [1.29, 1.82) is 0 Å². The lowest BCUT2D eigenvalue weighted by Gasteiger charge is -2.11. The summed E-state index contributed by atoms with van der Waals surface area (Å²) in [5.41, 5.74) is 3.09. The van der Waals surface area contributed by atoms with Crippen LogP contribution in [0.4, 0.5) is 0 Å². The first-order valence-corrected chi connectivity index (χ1v) is 6.08. The number of hydrogen-bond donors (Lipinski definition) is 0. The molecule has 0 aliphatic carbocycles. The number of hydrogen-bond acceptors (Lipinski definition) is 2. The van der Waals surface area contributed by atoms with Gasteiger partial charge in [-0.25, -0.2) is 4.98 Å². The van der Waals surface area contributed by atoms with Crippen LogP contribution in [0.1, 0.15) is 31.0 Å². The standard InChI is InChI=1S/C14H16ClNO/c1-9(2)11-5-4-6-12-13(15)7-10(8-17-3)16-14(11)12/h4-7,9H,8H2,1-3H3. The largest absolute Gasteiger partial charge is 0.378 e. The SMILES string of the molecule is COCc1cc(Cl)c2cccc(C(C)C)c2n1. The smallest absolute Gasteiger partial charge is 0.0884 e. The molecule has 1 aromatic carbocycles. The van der Waals surface area contributed by atoms with E-state index < -0.39 is 0 Å². The third-order valence-electron chi connectivity index (χ3n) is 2.79. The lowest BCUT2D eigenvalue weighted by atomic mass is 9.99. The van der Waals surface area contributed by atoms with Crippen molar-refractivity contribution in [1.82, 2.24) is 4.98 Å². The first-order chi connectivity index (χ1) is 8.13. The zero-order chi connectivity index (χ0) is 12.4. The number of ether oxygens (including phenoxy) is 1. The summed E-state index contributed by atoms with van der Waals surface area (Å²) in [6.45, 7) is 4.81. The van der Waals surface area contributed by atoms with Crippen LogP contribution in [-0.2, 0) is 11.3 Å². The second kappa shape index (κ2) is 5.03. The maximum atomic E-state index is 6.28. The summed E-state index contributed by atoms with van der Waals surface area (Å²) in [5, 5.41) is 1.75. The molecule has 0 atom stereocenters. The van der Waals surface area contributed by atoms with Crippen LogP contribution in [0.25, 0.3) is 10.9 Å². The van der Waals surface area contributed by atoms with Gasteiger partial charge in [0.15, 0.2) is 0 Å². The molecule has 0 fully saturated rings. The quantitative estimate of drug-likeness (QED) is 0.815. The van der Waals surface area contributed by atoms with Gasteiger partial charge in [-0.05, 0) is 17.5 Å². The number of halogens is 1. The fraction of sp³-hybridized carbons (Fsp3) is 0.357. The number of methoxy groups -OCH3 is 1. The van der Waals surface area contributed by atoms with E-state index in [1.807, 2.05) is 18.2 Å². The molecular weight excluding hydrogens is 234 g/mol. The van der Waals surface area contributed by atoms with Crippen molar-refractivity contribution in [3.8, 4) is 0 Å². The highest BCUT2D eigenvalue weighted by Crippen LogP contribution is 2.29. The van der Waals surface area contributed by atoms with E-state index in [1.165, 1.54) is 5.56 Å².